The lowest BCUT2D eigenvalue weighted by atomic mass is 9.36. The summed E-state index contributed by atoms with van der Waals surface area (Å²) in [5.74, 6) is 5.52. The van der Waals surface area contributed by atoms with Gasteiger partial charge in [-0.05, 0) is 110 Å². The Morgan fingerprint density at radius 1 is 0.396 bits per heavy atom. The summed E-state index contributed by atoms with van der Waals surface area (Å²) in [5, 5.41) is 5.19. The van der Waals surface area contributed by atoms with Crippen LogP contribution in [-0.4, -0.2) is 15.0 Å². The number of aromatic nitrogens is 3. The Morgan fingerprint density at radius 2 is 0.849 bits per heavy atom. The molecular weight excluding hydrogens is 643 g/mol. The average Bonchev–Trinajstić information content (AvgIpc) is 3.60. The molecule has 3 fully saturated rings. The predicted molar refractivity (Wildman–Crippen MR) is 215 cm³/mol. The Morgan fingerprint density at radius 3 is 1.40 bits per heavy atom. The Kier molecular flexibility index (Phi) is 6.17. The number of hydrogen-bond acceptors (Lipinski definition) is 3. The van der Waals surface area contributed by atoms with Gasteiger partial charge in [0.05, 0.1) is 0 Å². The molecule has 8 aromatic rings. The summed E-state index contributed by atoms with van der Waals surface area (Å²) in [6, 6.07) is 54.8. The van der Waals surface area contributed by atoms with Gasteiger partial charge in [0.2, 0.25) is 0 Å². The summed E-state index contributed by atoms with van der Waals surface area (Å²) in [7, 11) is 0. The highest BCUT2D eigenvalue weighted by molar-refractivity contribution is 6.21. The standard InChI is InChI=1S/C50H37N3/c1-3-11-31(12-4-1)47-51-48(32-13-5-2-6-14-32)53-49(52-47)33-21-19-30(20-22-33)45-39-15-7-9-17-41(39)46(42-18-10-8-16-40(42)45)34-23-24-38-35-25-36-27-37-28-44(43(38)26-34)50(36,37)29-35/h1-24,26,35-37,44H,25,27-29H2. The summed E-state index contributed by atoms with van der Waals surface area (Å²) in [6.07, 6.45) is 5.77. The lowest BCUT2D eigenvalue weighted by Crippen LogP contribution is -2.59. The fraction of sp³-hybridized carbons (Fsp3) is 0.180. The SMILES string of the molecule is c1ccc(-c2nc(-c3ccccc3)nc(-c3ccc(-c4c5ccccc5c(-c5ccc6c(c5)C5CC7CC8CC6CC875)c5ccccc45)cc3)n2)cc1. The van der Waals surface area contributed by atoms with Gasteiger partial charge in [-0.25, -0.2) is 15.0 Å². The normalized spacial score (nSPS) is 23.2. The van der Waals surface area contributed by atoms with Crippen molar-refractivity contribution in [1.29, 1.82) is 0 Å². The summed E-state index contributed by atoms with van der Waals surface area (Å²) in [5.41, 5.74) is 12.1. The number of benzene rings is 7. The molecule has 7 aromatic carbocycles. The molecule has 53 heavy (non-hydrogen) atoms. The molecule has 12 rings (SSSR count). The summed E-state index contributed by atoms with van der Waals surface area (Å²) >= 11 is 0. The van der Waals surface area contributed by atoms with Crippen molar-refractivity contribution in [1.82, 2.24) is 15.0 Å². The Hall–Kier alpha value is -5.93. The highest BCUT2D eigenvalue weighted by atomic mass is 15.0. The van der Waals surface area contributed by atoms with Crippen LogP contribution in [0.3, 0.4) is 0 Å². The minimum atomic E-state index is 0.643. The molecule has 5 atom stereocenters. The van der Waals surface area contributed by atoms with Crippen molar-refractivity contribution in [3.8, 4) is 56.4 Å². The smallest absolute Gasteiger partial charge is 0.164 e. The highest BCUT2D eigenvalue weighted by Crippen LogP contribution is 2.81. The van der Waals surface area contributed by atoms with Gasteiger partial charge < -0.3 is 0 Å². The minimum absolute atomic E-state index is 0.643. The van der Waals surface area contributed by atoms with E-state index in [-0.39, 0.29) is 0 Å². The first-order valence-corrected chi connectivity index (χ1v) is 19.3. The van der Waals surface area contributed by atoms with E-state index < -0.39 is 0 Å². The van der Waals surface area contributed by atoms with E-state index in [2.05, 4.69) is 115 Å². The molecule has 0 amide bonds. The molecule has 0 aliphatic heterocycles. The Labute approximate surface area is 309 Å². The molecule has 4 aliphatic rings. The summed E-state index contributed by atoms with van der Waals surface area (Å²) < 4.78 is 0. The van der Waals surface area contributed by atoms with Crippen LogP contribution < -0.4 is 0 Å². The predicted octanol–water partition coefficient (Wildman–Crippen LogP) is 12.5. The third kappa shape index (κ3) is 4.19. The molecular formula is C50H37N3. The maximum Gasteiger partial charge on any atom is 0.164 e. The maximum atomic E-state index is 4.99. The van der Waals surface area contributed by atoms with E-state index in [0.29, 0.717) is 22.9 Å². The molecule has 5 unspecified atom stereocenters. The fourth-order valence-electron chi connectivity index (χ4n) is 11.4. The van der Waals surface area contributed by atoms with Gasteiger partial charge in [0.1, 0.15) is 0 Å². The third-order valence-corrected chi connectivity index (χ3v) is 13.7. The van der Waals surface area contributed by atoms with Crippen LogP contribution in [-0.2, 0) is 0 Å². The molecule has 3 nitrogen and oxygen atoms in total. The van der Waals surface area contributed by atoms with Crippen molar-refractivity contribution in [2.75, 3.05) is 0 Å². The van der Waals surface area contributed by atoms with Crippen LogP contribution in [0.5, 0.6) is 0 Å². The molecule has 0 saturated heterocycles. The van der Waals surface area contributed by atoms with Gasteiger partial charge in [-0.15, -0.1) is 0 Å². The van der Waals surface area contributed by atoms with E-state index in [4.69, 9.17) is 15.0 Å². The zero-order valence-electron chi connectivity index (χ0n) is 29.4. The lowest BCUT2D eigenvalue weighted by Gasteiger charge is -2.68. The van der Waals surface area contributed by atoms with E-state index in [1.54, 1.807) is 11.1 Å². The molecule has 4 aliphatic carbocycles. The third-order valence-electron chi connectivity index (χ3n) is 13.7. The quantitative estimate of drug-likeness (QED) is 0.170. The molecule has 1 heterocycles. The molecule has 3 saturated carbocycles. The first-order valence-electron chi connectivity index (χ1n) is 19.3. The van der Waals surface area contributed by atoms with E-state index >= 15 is 0 Å². The number of nitrogens with zero attached hydrogens (tertiary/aromatic N) is 3. The van der Waals surface area contributed by atoms with Gasteiger partial charge in [-0.2, -0.15) is 0 Å². The molecule has 252 valence electrons. The van der Waals surface area contributed by atoms with E-state index in [1.807, 2.05) is 36.4 Å². The minimum Gasteiger partial charge on any atom is -0.208 e. The van der Waals surface area contributed by atoms with Crippen LogP contribution in [0.2, 0.25) is 0 Å². The molecule has 1 spiro atoms. The maximum absolute atomic E-state index is 4.99. The van der Waals surface area contributed by atoms with Gasteiger partial charge in [-0.1, -0.05) is 152 Å². The first kappa shape index (κ1) is 29.6. The summed E-state index contributed by atoms with van der Waals surface area (Å²) in [4.78, 5) is 14.9. The summed E-state index contributed by atoms with van der Waals surface area (Å²) in [6.45, 7) is 0. The fourth-order valence-corrected chi connectivity index (χ4v) is 11.4. The average molecular weight is 680 g/mol. The highest BCUT2D eigenvalue weighted by Gasteiger charge is 2.71. The van der Waals surface area contributed by atoms with Crippen molar-refractivity contribution < 1.29 is 0 Å². The Bertz CT molecular complexity index is 2640. The molecule has 0 radical (unpaired) electrons. The second-order valence-corrected chi connectivity index (χ2v) is 16.0. The van der Waals surface area contributed by atoms with Gasteiger partial charge in [0, 0.05) is 16.7 Å². The number of hydrogen-bond donors (Lipinski definition) is 0. The largest absolute Gasteiger partial charge is 0.208 e. The van der Waals surface area contributed by atoms with Gasteiger partial charge in [0.15, 0.2) is 17.5 Å². The van der Waals surface area contributed by atoms with Gasteiger partial charge in [0.25, 0.3) is 0 Å². The second-order valence-electron chi connectivity index (χ2n) is 16.0. The van der Waals surface area contributed by atoms with Crippen molar-refractivity contribution >= 4 is 21.5 Å². The van der Waals surface area contributed by atoms with E-state index in [1.165, 1.54) is 69.5 Å². The zero-order valence-corrected chi connectivity index (χ0v) is 29.4. The Balaban J connectivity index is 0.993. The van der Waals surface area contributed by atoms with Crippen LogP contribution in [0.15, 0.2) is 152 Å². The van der Waals surface area contributed by atoms with Crippen LogP contribution in [0, 0.1) is 17.3 Å². The number of rotatable bonds is 5. The van der Waals surface area contributed by atoms with Gasteiger partial charge >= 0.3 is 0 Å². The lowest BCUT2D eigenvalue weighted by molar-refractivity contribution is -0.146. The zero-order chi connectivity index (χ0) is 34.7. The second kappa shape index (κ2) is 11.0. The number of fused-ring (bicyclic) bond motifs is 6. The van der Waals surface area contributed by atoms with Crippen LogP contribution in [0.1, 0.15) is 48.6 Å². The van der Waals surface area contributed by atoms with Crippen LogP contribution >= 0.6 is 0 Å². The monoisotopic (exact) mass is 679 g/mol. The molecule has 0 N–H and O–H groups in total. The van der Waals surface area contributed by atoms with Crippen LogP contribution in [0.4, 0.5) is 0 Å². The van der Waals surface area contributed by atoms with Gasteiger partial charge in [-0.3, -0.25) is 0 Å². The van der Waals surface area contributed by atoms with Crippen molar-refractivity contribution in [2.45, 2.75) is 37.5 Å². The molecule has 1 aromatic heterocycles. The van der Waals surface area contributed by atoms with Crippen LogP contribution in [0.25, 0.3) is 78.0 Å². The van der Waals surface area contributed by atoms with Crippen molar-refractivity contribution in [3.63, 3.8) is 0 Å². The first-order chi connectivity index (χ1) is 26.2. The molecule has 2 bridgehead atoms. The van der Waals surface area contributed by atoms with E-state index in [9.17, 15) is 0 Å². The van der Waals surface area contributed by atoms with Crippen molar-refractivity contribution in [3.05, 3.63) is 163 Å². The molecule has 3 heteroatoms. The van der Waals surface area contributed by atoms with Crippen molar-refractivity contribution in [2.24, 2.45) is 17.3 Å². The van der Waals surface area contributed by atoms with E-state index in [0.717, 1.165) is 40.4 Å². The topological polar surface area (TPSA) is 38.7 Å².